The molecule has 1 nitrogen and oxygen atoms in total. The SMILES string of the molecule is CCNC(c1cccc(I)c1)c1cccc(C2CCC2)c1. The van der Waals surface area contributed by atoms with Gasteiger partial charge in [0.1, 0.15) is 0 Å². The molecule has 0 amide bonds. The number of benzene rings is 2. The van der Waals surface area contributed by atoms with Crippen molar-refractivity contribution >= 4 is 22.6 Å². The van der Waals surface area contributed by atoms with E-state index in [1.54, 1.807) is 0 Å². The standard InChI is InChI=1S/C19H22IN/c1-2-21-19(17-10-5-11-18(20)13-17)16-9-4-8-15(12-16)14-6-3-7-14/h4-5,8-14,19,21H,2-3,6-7H2,1H3. The second-order valence-corrected chi connectivity index (χ2v) is 7.09. The number of rotatable bonds is 5. The van der Waals surface area contributed by atoms with Gasteiger partial charge in [0.25, 0.3) is 0 Å². The molecule has 0 bridgehead atoms. The molecule has 1 aliphatic carbocycles. The van der Waals surface area contributed by atoms with Gasteiger partial charge in [-0.2, -0.15) is 0 Å². The summed E-state index contributed by atoms with van der Waals surface area (Å²) in [6, 6.07) is 18.3. The third kappa shape index (κ3) is 3.49. The summed E-state index contributed by atoms with van der Waals surface area (Å²) < 4.78 is 1.29. The smallest absolute Gasteiger partial charge is 0.0577 e. The van der Waals surface area contributed by atoms with Crippen LogP contribution in [-0.4, -0.2) is 6.54 Å². The maximum absolute atomic E-state index is 3.64. The molecule has 2 heteroatoms. The first-order valence-corrected chi connectivity index (χ1v) is 8.94. The average Bonchev–Trinajstić information content (AvgIpc) is 2.43. The van der Waals surface area contributed by atoms with Gasteiger partial charge >= 0.3 is 0 Å². The Morgan fingerprint density at radius 1 is 1.10 bits per heavy atom. The quantitative estimate of drug-likeness (QED) is 0.686. The molecule has 1 atom stereocenters. The van der Waals surface area contributed by atoms with E-state index in [2.05, 4.69) is 83.4 Å². The molecule has 1 unspecified atom stereocenters. The van der Waals surface area contributed by atoms with E-state index in [4.69, 9.17) is 0 Å². The van der Waals surface area contributed by atoms with Crippen molar-refractivity contribution in [2.45, 2.75) is 38.1 Å². The van der Waals surface area contributed by atoms with Crippen LogP contribution in [0.5, 0.6) is 0 Å². The summed E-state index contributed by atoms with van der Waals surface area (Å²) in [5.41, 5.74) is 4.27. The van der Waals surface area contributed by atoms with Gasteiger partial charge in [-0.1, -0.05) is 49.7 Å². The van der Waals surface area contributed by atoms with E-state index in [-0.39, 0.29) is 0 Å². The topological polar surface area (TPSA) is 12.0 Å². The monoisotopic (exact) mass is 391 g/mol. The van der Waals surface area contributed by atoms with Crippen molar-refractivity contribution in [3.05, 3.63) is 68.8 Å². The fourth-order valence-corrected chi connectivity index (χ4v) is 3.62. The highest BCUT2D eigenvalue weighted by Crippen LogP contribution is 2.37. The van der Waals surface area contributed by atoms with Gasteiger partial charge in [0.2, 0.25) is 0 Å². The van der Waals surface area contributed by atoms with E-state index in [0.717, 1.165) is 12.5 Å². The Bertz CT molecular complexity index is 604. The molecule has 110 valence electrons. The van der Waals surface area contributed by atoms with Gasteiger partial charge in [0.05, 0.1) is 6.04 Å². The van der Waals surface area contributed by atoms with Gasteiger partial charge in [-0.15, -0.1) is 0 Å². The molecule has 0 saturated heterocycles. The lowest BCUT2D eigenvalue weighted by Gasteiger charge is -2.27. The Morgan fingerprint density at radius 3 is 2.43 bits per heavy atom. The number of nitrogens with one attached hydrogen (secondary N) is 1. The molecule has 0 aliphatic heterocycles. The van der Waals surface area contributed by atoms with Crippen LogP contribution in [0.25, 0.3) is 0 Å². The summed E-state index contributed by atoms with van der Waals surface area (Å²) in [6.45, 7) is 3.15. The number of hydrogen-bond donors (Lipinski definition) is 1. The highest BCUT2D eigenvalue weighted by molar-refractivity contribution is 14.1. The molecule has 1 N–H and O–H groups in total. The molecule has 0 heterocycles. The van der Waals surface area contributed by atoms with E-state index < -0.39 is 0 Å². The van der Waals surface area contributed by atoms with Crippen molar-refractivity contribution in [1.29, 1.82) is 0 Å². The minimum Gasteiger partial charge on any atom is -0.307 e. The summed E-state index contributed by atoms with van der Waals surface area (Å²) >= 11 is 2.39. The van der Waals surface area contributed by atoms with E-state index >= 15 is 0 Å². The largest absolute Gasteiger partial charge is 0.307 e. The highest BCUT2D eigenvalue weighted by atomic mass is 127. The minimum absolute atomic E-state index is 0.296. The van der Waals surface area contributed by atoms with E-state index in [9.17, 15) is 0 Å². The van der Waals surface area contributed by atoms with Crippen molar-refractivity contribution in [2.24, 2.45) is 0 Å². The molecule has 1 aliphatic rings. The van der Waals surface area contributed by atoms with Gasteiger partial charge in [-0.05, 0) is 76.7 Å². The minimum atomic E-state index is 0.296. The predicted molar refractivity (Wildman–Crippen MR) is 97.7 cm³/mol. The summed E-state index contributed by atoms with van der Waals surface area (Å²) in [5.74, 6) is 0.795. The van der Waals surface area contributed by atoms with E-state index in [1.165, 1.54) is 39.5 Å². The summed E-state index contributed by atoms with van der Waals surface area (Å²) in [6.07, 6.45) is 4.11. The van der Waals surface area contributed by atoms with Gasteiger partial charge in [0, 0.05) is 3.57 Å². The molecule has 2 aromatic carbocycles. The molecule has 3 rings (SSSR count). The van der Waals surface area contributed by atoms with Crippen molar-refractivity contribution in [3.63, 3.8) is 0 Å². The van der Waals surface area contributed by atoms with Crippen LogP contribution in [0.2, 0.25) is 0 Å². The Hall–Kier alpha value is -0.870. The lowest BCUT2D eigenvalue weighted by atomic mass is 9.79. The summed E-state index contributed by atoms with van der Waals surface area (Å²) in [5, 5.41) is 3.64. The number of halogens is 1. The summed E-state index contributed by atoms with van der Waals surface area (Å²) in [7, 11) is 0. The van der Waals surface area contributed by atoms with Crippen LogP contribution in [0.1, 0.15) is 54.8 Å². The van der Waals surface area contributed by atoms with Crippen LogP contribution in [0.15, 0.2) is 48.5 Å². The zero-order valence-corrected chi connectivity index (χ0v) is 14.6. The molecular formula is C19H22IN. The van der Waals surface area contributed by atoms with Gasteiger partial charge < -0.3 is 5.32 Å². The molecule has 2 aromatic rings. The fourth-order valence-electron chi connectivity index (χ4n) is 3.05. The maximum Gasteiger partial charge on any atom is 0.0577 e. The zero-order chi connectivity index (χ0) is 14.7. The van der Waals surface area contributed by atoms with Crippen molar-refractivity contribution < 1.29 is 0 Å². The van der Waals surface area contributed by atoms with Crippen LogP contribution in [0, 0.1) is 3.57 Å². The van der Waals surface area contributed by atoms with Crippen molar-refractivity contribution in [1.82, 2.24) is 5.32 Å². The third-order valence-corrected chi connectivity index (χ3v) is 5.08. The molecule has 1 fully saturated rings. The second-order valence-electron chi connectivity index (χ2n) is 5.84. The molecule has 1 saturated carbocycles. The van der Waals surface area contributed by atoms with Gasteiger partial charge in [0.15, 0.2) is 0 Å². The first kappa shape index (κ1) is 15.0. The Kier molecular flexibility index (Phi) is 4.96. The van der Waals surface area contributed by atoms with Crippen LogP contribution >= 0.6 is 22.6 Å². The normalized spacial score (nSPS) is 16.5. The van der Waals surface area contributed by atoms with Crippen LogP contribution < -0.4 is 5.32 Å². The van der Waals surface area contributed by atoms with E-state index in [1.807, 2.05) is 0 Å². The Balaban J connectivity index is 1.93. The second kappa shape index (κ2) is 6.93. The molecule has 21 heavy (non-hydrogen) atoms. The molecule has 0 spiro atoms. The van der Waals surface area contributed by atoms with Crippen LogP contribution in [0.3, 0.4) is 0 Å². The Morgan fingerprint density at radius 2 is 1.81 bits per heavy atom. The molecule has 0 radical (unpaired) electrons. The Labute approximate surface area is 141 Å². The van der Waals surface area contributed by atoms with Crippen LogP contribution in [0.4, 0.5) is 0 Å². The lowest BCUT2D eigenvalue weighted by Crippen LogP contribution is -2.22. The fraction of sp³-hybridized carbons (Fsp3) is 0.368. The van der Waals surface area contributed by atoms with Crippen molar-refractivity contribution in [2.75, 3.05) is 6.54 Å². The average molecular weight is 391 g/mol. The van der Waals surface area contributed by atoms with Gasteiger partial charge in [-0.3, -0.25) is 0 Å². The third-order valence-electron chi connectivity index (χ3n) is 4.41. The first-order valence-electron chi connectivity index (χ1n) is 7.86. The van der Waals surface area contributed by atoms with Crippen LogP contribution in [-0.2, 0) is 0 Å². The van der Waals surface area contributed by atoms with E-state index in [0.29, 0.717) is 6.04 Å². The van der Waals surface area contributed by atoms with Crippen molar-refractivity contribution in [3.8, 4) is 0 Å². The summed E-state index contributed by atoms with van der Waals surface area (Å²) in [4.78, 5) is 0. The predicted octanol–water partition coefficient (Wildman–Crippen LogP) is 5.26. The maximum atomic E-state index is 3.64. The molecule has 0 aromatic heterocycles. The first-order chi connectivity index (χ1) is 10.3. The lowest BCUT2D eigenvalue weighted by molar-refractivity contribution is 0.419. The zero-order valence-electron chi connectivity index (χ0n) is 12.5. The van der Waals surface area contributed by atoms with Gasteiger partial charge in [-0.25, -0.2) is 0 Å². The number of hydrogen-bond acceptors (Lipinski definition) is 1. The highest BCUT2D eigenvalue weighted by Gasteiger charge is 2.21. The molecular weight excluding hydrogens is 369 g/mol.